The summed E-state index contributed by atoms with van der Waals surface area (Å²) in [6, 6.07) is 0.279. The molecular formula is C17H31ClFN5O2. The number of aliphatic imine (C=N–C) groups is 1. The summed E-state index contributed by atoms with van der Waals surface area (Å²) in [4.78, 5) is 17.2. The molecule has 0 aromatic rings. The molecule has 9 heteroatoms. The Hall–Kier alpha value is -0.960. The molecule has 26 heavy (non-hydrogen) atoms. The monoisotopic (exact) mass is 391 g/mol. The highest BCUT2D eigenvalue weighted by molar-refractivity contribution is 6.21. The van der Waals surface area contributed by atoms with E-state index in [4.69, 9.17) is 16.3 Å². The van der Waals surface area contributed by atoms with Crippen LogP contribution < -0.4 is 21.5 Å². The van der Waals surface area contributed by atoms with Crippen LogP contribution >= 0.6 is 11.6 Å². The molecule has 1 aliphatic carbocycles. The number of nitrogens with one attached hydrogen (secondary N) is 4. The van der Waals surface area contributed by atoms with Crippen LogP contribution in [0.25, 0.3) is 0 Å². The predicted octanol–water partition coefficient (Wildman–Crippen LogP) is 1.43. The minimum atomic E-state index is -1.15. The number of carbonyl (C=O) groups is 1. The highest BCUT2D eigenvalue weighted by Gasteiger charge is 2.33. The van der Waals surface area contributed by atoms with Crippen LogP contribution in [0.15, 0.2) is 4.99 Å². The molecular weight excluding hydrogens is 361 g/mol. The summed E-state index contributed by atoms with van der Waals surface area (Å²) in [5.41, 5.74) is 6.18. The molecule has 0 spiro atoms. The number of carbonyl (C=O) groups excluding carboxylic acids is 1. The summed E-state index contributed by atoms with van der Waals surface area (Å²) in [5, 5.41) is 5.53. The van der Waals surface area contributed by atoms with Gasteiger partial charge in [-0.3, -0.25) is 15.5 Å². The van der Waals surface area contributed by atoms with Crippen LogP contribution in [0.2, 0.25) is 0 Å². The lowest BCUT2D eigenvalue weighted by Gasteiger charge is -2.28. The van der Waals surface area contributed by atoms with Gasteiger partial charge in [-0.05, 0) is 40.0 Å². The second kappa shape index (κ2) is 10.4. The quantitative estimate of drug-likeness (QED) is 0.312. The predicted molar refractivity (Wildman–Crippen MR) is 101 cm³/mol. The van der Waals surface area contributed by atoms with Crippen molar-refractivity contribution in [3.05, 3.63) is 0 Å². The molecule has 0 radical (unpaired) electrons. The van der Waals surface area contributed by atoms with Crippen LogP contribution in [0.3, 0.4) is 0 Å². The second-order valence-corrected chi connectivity index (χ2v) is 7.72. The maximum absolute atomic E-state index is 13.9. The molecule has 150 valence electrons. The van der Waals surface area contributed by atoms with Crippen LogP contribution in [0.1, 0.15) is 46.5 Å². The second-order valence-electron chi connectivity index (χ2n) is 7.15. The molecule has 1 aliphatic heterocycles. The van der Waals surface area contributed by atoms with Gasteiger partial charge in [0.25, 0.3) is 0 Å². The first-order chi connectivity index (χ1) is 12.4. The average molecular weight is 392 g/mol. The van der Waals surface area contributed by atoms with Crippen LogP contribution in [-0.4, -0.2) is 54.9 Å². The van der Waals surface area contributed by atoms with E-state index in [1.54, 1.807) is 0 Å². The van der Waals surface area contributed by atoms with Gasteiger partial charge in [-0.2, -0.15) is 0 Å². The van der Waals surface area contributed by atoms with E-state index in [9.17, 15) is 9.18 Å². The van der Waals surface area contributed by atoms with E-state index in [2.05, 4.69) is 33.4 Å². The summed E-state index contributed by atoms with van der Waals surface area (Å²) < 4.78 is 19.3. The molecule has 2 fully saturated rings. The molecule has 5 unspecified atom stereocenters. The molecule has 2 rings (SSSR count). The number of rotatable bonds is 6. The van der Waals surface area contributed by atoms with E-state index >= 15 is 0 Å². The van der Waals surface area contributed by atoms with Crippen molar-refractivity contribution in [3.8, 4) is 0 Å². The molecule has 0 aromatic heterocycles. The van der Waals surface area contributed by atoms with E-state index < -0.39 is 11.5 Å². The third-order valence-electron chi connectivity index (χ3n) is 4.62. The van der Waals surface area contributed by atoms with Crippen molar-refractivity contribution >= 4 is 23.5 Å². The fourth-order valence-electron chi connectivity index (χ4n) is 3.14. The SMILES string of the molecule is CCOC[C@H](C)N/C(=N/C1CC(C)NN1)NC(=O)C1CCC(Cl)C(F)C1. The maximum atomic E-state index is 13.9. The van der Waals surface area contributed by atoms with E-state index in [0.29, 0.717) is 38.1 Å². The number of guanidine groups is 1. The number of alkyl halides is 2. The third-order valence-corrected chi connectivity index (χ3v) is 5.11. The first-order valence-electron chi connectivity index (χ1n) is 9.41. The lowest BCUT2D eigenvalue weighted by Crippen LogP contribution is -2.50. The number of hydrogen-bond donors (Lipinski definition) is 4. The zero-order valence-electron chi connectivity index (χ0n) is 15.7. The van der Waals surface area contributed by atoms with E-state index in [-0.39, 0.29) is 30.5 Å². The largest absolute Gasteiger partial charge is 0.380 e. The molecule has 1 amide bonds. The molecule has 1 saturated heterocycles. The van der Waals surface area contributed by atoms with Crippen LogP contribution in [0.5, 0.6) is 0 Å². The first kappa shape index (κ1) is 21.3. The number of hydrogen-bond acceptors (Lipinski definition) is 5. The highest BCUT2D eigenvalue weighted by atomic mass is 35.5. The van der Waals surface area contributed by atoms with Crippen molar-refractivity contribution in [2.75, 3.05) is 13.2 Å². The number of halogens is 2. The lowest BCUT2D eigenvalue weighted by molar-refractivity contribution is -0.125. The molecule has 0 bridgehead atoms. The van der Waals surface area contributed by atoms with Gasteiger partial charge in [0.05, 0.1) is 12.0 Å². The van der Waals surface area contributed by atoms with Gasteiger partial charge >= 0.3 is 0 Å². The van der Waals surface area contributed by atoms with Gasteiger partial charge in [0.2, 0.25) is 5.91 Å². The Balaban J connectivity index is 1.98. The number of hydrazine groups is 1. The summed E-state index contributed by atoms with van der Waals surface area (Å²) in [7, 11) is 0. The van der Waals surface area contributed by atoms with Crippen molar-refractivity contribution < 1.29 is 13.9 Å². The van der Waals surface area contributed by atoms with Crippen molar-refractivity contribution in [2.45, 2.75) is 76.3 Å². The van der Waals surface area contributed by atoms with Gasteiger partial charge in [0.1, 0.15) is 12.3 Å². The van der Waals surface area contributed by atoms with Crippen molar-refractivity contribution in [1.29, 1.82) is 0 Å². The topological polar surface area (TPSA) is 86.8 Å². The lowest BCUT2D eigenvalue weighted by atomic mass is 9.87. The third kappa shape index (κ3) is 6.64. The van der Waals surface area contributed by atoms with Gasteiger partial charge in [-0.25, -0.2) is 14.8 Å². The summed E-state index contributed by atoms with van der Waals surface area (Å²) in [5.74, 6) is -0.216. The van der Waals surface area contributed by atoms with E-state index in [1.165, 1.54) is 0 Å². The molecule has 1 heterocycles. The fraction of sp³-hybridized carbons (Fsp3) is 0.882. The van der Waals surface area contributed by atoms with Crippen molar-refractivity contribution in [3.63, 3.8) is 0 Å². The summed E-state index contributed by atoms with van der Waals surface area (Å²) >= 11 is 5.92. The van der Waals surface area contributed by atoms with Crippen molar-refractivity contribution in [1.82, 2.24) is 21.5 Å². The van der Waals surface area contributed by atoms with Crippen LogP contribution in [0, 0.1) is 5.92 Å². The smallest absolute Gasteiger partial charge is 0.229 e. The van der Waals surface area contributed by atoms with E-state index in [1.807, 2.05) is 13.8 Å². The highest BCUT2D eigenvalue weighted by Crippen LogP contribution is 2.30. The zero-order valence-corrected chi connectivity index (χ0v) is 16.5. The van der Waals surface area contributed by atoms with Crippen LogP contribution in [0.4, 0.5) is 4.39 Å². The summed E-state index contributed by atoms with van der Waals surface area (Å²) in [6.45, 7) is 7.06. The normalized spacial score (nSPS) is 33.7. The Bertz CT molecular complexity index is 496. The minimum Gasteiger partial charge on any atom is -0.380 e. The molecule has 1 saturated carbocycles. The minimum absolute atomic E-state index is 0.0201. The zero-order chi connectivity index (χ0) is 19.1. The Labute approximate surface area is 159 Å². The van der Waals surface area contributed by atoms with Gasteiger partial charge in [-0.15, -0.1) is 11.6 Å². The number of ether oxygens (including phenoxy) is 1. The molecule has 6 atom stereocenters. The number of amides is 1. The van der Waals surface area contributed by atoms with Crippen molar-refractivity contribution in [2.24, 2.45) is 10.9 Å². The first-order valence-corrected chi connectivity index (χ1v) is 9.84. The molecule has 7 nitrogen and oxygen atoms in total. The van der Waals surface area contributed by atoms with Gasteiger partial charge in [-0.1, -0.05) is 0 Å². The van der Waals surface area contributed by atoms with Crippen LogP contribution in [-0.2, 0) is 9.53 Å². The molecule has 4 N–H and O–H groups in total. The Morgan fingerprint density at radius 2 is 2.15 bits per heavy atom. The van der Waals surface area contributed by atoms with Gasteiger partial charge in [0, 0.05) is 31.0 Å². The Kier molecular flexibility index (Phi) is 8.53. The molecule has 2 aliphatic rings. The maximum Gasteiger partial charge on any atom is 0.229 e. The van der Waals surface area contributed by atoms with Gasteiger partial charge < -0.3 is 10.1 Å². The van der Waals surface area contributed by atoms with E-state index in [0.717, 1.165) is 6.42 Å². The fourth-order valence-corrected chi connectivity index (χ4v) is 3.37. The Morgan fingerprint density at radius 1 is 1.38 bits per heavy atom. The summed E-state index contributed by atoms with van der Waals surface area (Å²) in [6.07, 6.45) is 0.773. The average Bonchev–Trinajstić information content (AvgIpc) is 3.00. The standard InChI is InChI=1S/C17H31ClFN5O2/c1-4-26-9-11(3)20-17(21-15-7-10(2)23-24-15)22-16(25)12-5-6-13(18)14(19)8-12/h10-15,23-24H,4-9H2,1-3H3,(H2,20,21,22,25)/t10?,11-,12?,13?,14?,15?/m0/s1. The Morgan fingerprint density at radius 3 is 2.77 bits per heavy atom. The van der Waals surface area contributed by atoms with Gasteiger partial charge in [0.15, 0.2) is 5.96 Å². The molecule has 0 aromatic carbocycles. The number of nitrogens with zero attached hydrogens (tertiary/aromatic N) is 1.